The molecule has 3 N–H and O–H groups in total. The van der Waals surface area contributed by atoms with Crippen LogP contribution in [0.25, 0.3) is 0 Å². The van der Waals surface area contributed by atoms with E-state index in [0.717, 1.165) is 6.42 Å². The molecule has 0 saturated heterocycles. The molecule has 0 heterocycles. The number of aliphatic hydroxyl groups is 1. The van der Waals surface area contributed by atoms with E-state index in [1.165, 1.54) is 11.8 Å². The molecule has 1 amide bonds. The second-order valence-corrected chi connectivity index (χ2v) is 4.41. The van der Waals surface area contributed by atoms with Gasteiger partial charge in [-0.15, -0.1) is 0 Å². The maximum absolute atomic E-state index is 10.8. The monoisotopic (exact) mass is 253 g/mol. The van der Waals surface area contributed by atoms with E-state index in [9.17, 15) is 4.79 Å². The lowest BCUT2D eigenvalue weighted by Crippen LogP contribution is -2.28. The second kappa shape index (κ2) is 9.89. The third kappa shape index (κ3) is 7.92. The topological polar surface area (TPSA) is 81.8 Å². The fraction of sp³-hybridized carbons (Fsp3) is 0.900. The molecule has 0 spiro atoms. The highest BCUT2D eigenvalue weighted by molar-refractivity contribution is 7.99. The van der Waals surface area contributed by atoms with Crippen molar-refractivity contribution in [2.75, 3.05) is 25.2 Å². The minimum atomic E-state index is -0.379. The maximum atomic E-state index is 10.8. The first-order valence-corrected chi connectivity index (χ1v) is 6.40. The molecule has 0 aromatic carbocycles. The lowest BCUT2D eigenvalue weighted by Gasteiger charge is -2.21. The van der Waals surface area contributed by atoms with Gasteiger partial charge in [0.15, 0.2) is 7.70 Å². The van der Waals surface area contributed by atoms with Crippen molar-refractivity contribution in [3.05, 3.63) is 0 Å². The van der Waals surface area contributed by atoms with Crippen LogP contribution in [0.4, 0.5) is 0 Å². The van der Waals surface area contributed by atoms with Crippen LogP contribution in [-0.4, -0.2) is 48.6 Å². The third-order valence-corrected chi connectivity index (χ3v) is 2.99. The van der Waals surface area contributed by atoms with E-state index in [2.05, 4.69) is 0 Å². The van der Waals surface area contributed by atoms with Crippen LogP contribution in [0.15, 0.2) is 0 Å². The molecule has 16 heavy (non-hydrogen) atoms. The number of hydrogen-bond donors (Lipinski definition) is 2. The summed E-state index contributed by atoms with van der Waals surface area (Å²) in [4.78, 5) is 10.8. The van der Waals surface area contributed by atoms with Gasteiger partial charge in [-0.1, -0.05) is 6.92 Å². The van der Waals surface area contributed by atoms with Crippen LogP contribution in [-0.2, 0) is 14.3 Å². The molecule has 0 saturated carbocycles. The summed E-state index contributed by atoms with van der Waals surface area (Å²) in [6.45, 7) is 1.90. The first kappa shape index (κ1) is 13.8. The number of rotatable bonds is 10. The van der Waals surface area contributed by atoms with Gasteiger partial charge >= 0.3 is 0 Å². The van der Waals surface area contributed by atoms with E-state index in [0.29, 0.717) is 17.9 Å². The van der Waals surface area contributed by atoms with Gasteiger partial charge in [0.2, 0.25) is 5.91 Å². The summed E-state index contributed by atoms with van der Waals surface area (Å²) in [5.41, 5.74) is 1.82. The number of hydrogen-bond acceptors (Lipinski definition) is 5. The van der Waals surface area contributed by atoms with Gasteiger partial charge in [-0.2, -0.15) is 11.8 Å². The smallest absolute Gasteiger partial charge is 0.218 e. The highest BCUT2D eigenvalue weighted by Gasteiger charge is 2.14. The van der Waals surface area contributed by atoms with Gasteiger partial charge < -0.3 is 20.3 Å². The SMILES string of the molecule is [3H]NC(=O)CCSCC(OC)OC(CC)CO. The normalized spacial score (nSPS) is 15.3. The minimum absolute atomic E-state index is 0.0255. The van der Waals surface area contributed by atoms with E-state index < -0.39 is 0 Å². The molecule has 0 aromatic heterocycles. The molecule has 0 fully saturated rings. The molecule has 0 aliphatic rings. The van der Waals surface area contributed by atoms with Crippen LogP contribution in [0.1, 0.15) is 19.8 Å². The fourth-order valence-corrected chi connectivity index (χ4v) is 1.89. The average molecular weight is 253 g/mol. The van der Waals surface area contributed by atoms with Gasteiger partial charge in [0.1, 0.15) is 0 Å². The predicted molar refractivity (Wildman–Crippen MR) is 64.2 cm³/mol. The molecule has 2 unspecified atom stereocenters. The molecule has 6 heteroatoms. The highest BCUT2D eigenvalue weighted by atomic mass is 32.2. The third-order valence-electron chi connectivity index (χ3n) is 1.99. The molecule has 5 nitrogen and oxygen atoms in total. The van der Waals surface area contributed by atoms with Crippen molar-refractivity contribution in [3.63, 3.8) is 0 Å². The summed E-state index contributed by atoms with van der Waals surface area (Å²) in [6.07, 6.45) is 0.442. The number of amides is 1. The van der Waals surface area contributed by atoms with Crippen molar-refractivity contribution in [3.8, 4) is 0 Å². The van der Waals surface area contributed by atoms with Gasteiger partial charge in [0, 0.05) is 25.0 Å². The van der Waals surface area contributed by atoms with Gasteiger partial charge in [-0.05, 0) is 6.42 Å². The van der Waals surface area contributed by atoms with E-state index in [1.54, 1.807) is 7.11 Å². The Morgan fingerprint density at radius 3 is 2.94 bits per heavy atom. The number of nitrogens with two attached hydrogens (primary N) is 1. The molecule has 0 aliphatic heterocycles. The zero-order chi connectivity index (χ0) is 13.1. The van der Waals surface area contributed by atoms with Crippen LogP contribution in [0.2, 0.25) is 1.41 Å². The van der Waals surface area contributed by atoms with E-state index in [-0.39, 0.29) is 24.9 Å². The zero-order valence-electron chi connectivity index (χ0n) is 10.8. The van der Waals surface area contributed by atoms with E-state index in [4.69, 9.17) is 16.0 Å². The standard InChI is InChI=1S/C10H21NO4S/c1-3-8(6-12)15-10(14-2)7-16-5-4-9(11)13/h8,10,12H,3-7H2,1-2H3,(H2,11,13)/i/hT. The molecule has 2 atom stereocenters. The summed E-state index contributed by atoms with van der Waals surface area (Å²) < 4.78 is 17.2. The fourth-order valence-electron chi connectivity index (χ4n) is 0.990. The van der Waals surface area contributed by atoms with Crippen LogP contribution in [0.3, 0.4) is 0 Å². The Morgan fingerprint density at radius 1 is 1.69 bits per heavy atom. The van der Waals surface area contributed by atoms with Gasteiger partial charge in [0.05, 0.1) is 12.7 Å². The lowest BCUT2D eigenvalue weighted by atomic mass is 10.3. The lowest BCUT2D eigenvalue weighted by molar-refractivity contribution is -0.151. The summed E-state index contributed by atoms with van der Waals surface area (Å²) in [6, 6.07) is 0. The minimum Gasteiger partial charge on any atom is -0.394 e. The van der Waals surface area contributed by atoms with Crippen molar-refractivity contribution in [2.45, 2.75) is 32.2 Å². The van der Waals surface area contributed by atoms with Gasteiger partial charge in [0.25, 0.3) is 0 Å². The number of ether oxygens (including phenoxy) is 2. The zero-order valence-corrected chi connectivity index (χ0v) is 10.6. The van der Waals surface area contributed by atoms with Crippen LogP contribution in [0, 0.1) is 0 Å². The van der Waals surface area contributed by atoms with Gasteiger partial charge in [-0.25, -0.2) is 0 Å². The van der Waals surface area contributed by atoms with E-state index >= 15 is 0 Å². The Kier molecular flexibility index (Phi) is 8.51. The number of carbonyl (C=O) groups is 1. The Bertz CT molecular complexity index is 205. The number of thioether (sulfide) groups is 1. The highest BCUT2D eigenvalue weighted by Crippen LogP contribution is 2.11. The summed E-state index contributed by atoms with van der Waals surface area (Å²) in [5.74, 6) is 0.913. The Balaban J connectivity index is 3.70. The molecule has 96 valence electrons. The number of carbonyl (C=O) groups excluding carboxylic acids is 1. The van der Waals surface area contributed by atoms with Crippen molar-refractivity contribution in [1.82, 2.24) is 0 Å². The maximum Gasteiger partial charge on any atom is 0.218 e. The van der Waals surface area contributed by atoms with Crippen molar-refractivity contribution in [2.24, 2.45) is 5.73 Å². The Labute approximate surface area is 102 Å². The van der Waals surface area contributed by atoms with E-state index in [1.807, 2.05) is 12.7 Å². The summed E-state index contributed by atoms with van der Waals surface area (Å²) in [5, 5.41) is 8.99. The predicted octanol–water partition coefficient (Wildman–Crippen LogP) is 0.355. The number of primary amides is 1. The molecule has 0 rings (SSSR count). The molecule has 0 radical (unpaired) electrons. The molecule has 0 bridgehead atoms. The first-order chi connectivity index (χ1) is 8.17. The average Bonchev–Trinajstić information content (AvgIpc) is 2.37. The summed E-state index contributed by atoms with van der Waals surface area (Å²) >= 11 is 1.52. The van der Waals surface area contributed by atoms with Gasteiger partial charge in [-0.3, -0.25) is 4.79 Å². The largest absolute Gasteiger partial charge is 0.394 e. The molecule has 0 aromatic rings. The van der Waals surface area contributed by atoms with Crippen molar-refractivity contribution in [1.29, 1.82) is 0 Å². The molecular weight excluding hydrogens is 230 g/mol. The molecule has 0 aliphatic carbocycles. The molecular formula is C10H21NO4S. The first-order valence-electron chi connectivity index (χ1n) is 5.75. The van der Waals surface area contributed by atoms with Crippen molar-refractivity contribution < 1.29 is 20.8 Å². The van der Waals surface area contributed by atoms with Crippen LogP contribution in [0.5, 0.6) is 0 Å². The number of aliphatic hydroxyl groups excluding tert-OH is 1. The second-order valence-electron chi connectivity index (χ2n) is 3.26. The van der Waals surface area contributed by atoms with Crippen LogP contribution < -0.4 is 5.73 Å². The summed E-state index contributed by atoms with van der Waals surface area (Å²) in [7, 11) is 1.55. The quantitative estimate of drug-likeness (QED) is 0.434. The Morgan fingerprint density at radius 2 is 2.44 bits per heavy atom. The number of methoxy groups -OCH3 is 1. The van der Waals surface area contributed by atoms with Crippen molar-refractivity contribution >= 4 is 17.7 Å². The Hall–Kier alpha value is -0.300. The van der Waals surface area contributed by atoms with Crippen LogP contribution >= 0.6 is 11.8 Å².